The summed E-state index contributed by atoms with van der Waals surface area (Å²) < 4.78 is 56.2. The summed E-state index contributed by atoms with van der Waals surface area (Å²) in [6.07, 6.45) is -1.43. The molecule has 21 heavy (non-hydrogen) atoms. The summed E-state index contributed by atoms with van der Waals surface area (Å²) in [4.78, 5) is 0. The highest BCUT2D eigenvalue weighted by Crippen LogP contribution is 2.25. The third-order valence-electron chi connectivity index (χ3n) is 2.95. The van der Waals surface area contributed by atoms with Gasteiger partial charge in [0.05, 0.1) is 9.49 Å². The van der Waals surface area contributed by atoms with Gasteiger partial charge in [-0.3, -0.25) is 8.37 Å². The maximum Gasteiger partial charge on any atom is 0.272 e. The standard InChI is InChI=1S/C13H28O6S2/c1-9-11(19-21(16,17)13(6,7)8)10(2)18-20(14,15)12(3,4)5/h10-11H,9H2,1-8H3. The lowest BCUT2D eigenvalue weighted by Gasteiger charge is -2.28. The summed E-state index contributed by atoms with van der Waals surface area (Å²) in [6.45, 7) is 12.3. The lowest BCUT2D eigenvalue weighted by Crippen LogP contribution is -2.41. The first-order chi connectivity index (χ1) is 9.05. The van der Waals surface area contributed by atoms with Crippen molar-refractivity contribution in [2.24, 2.45) is 0 Å². The van der Waals surface area contributed by atoms with Crippen LogP contribution in [0.4, 0.5) is 0 Å². The van der Waals surface area contributed by atoms with Crippen LogP contribution in [0.5, 0.6) is 0 Å². The first-order valence-corrected chi connectivity index (χ1v) is 9.72. The number of rotatable bonds is 6. The van der Waals surface area contributed by atoms with Crippen LogP contribution in [-0.4, -0.2) is 38.5 Å². The molecule has 128 valence electrons. The summed E-state index contributed by atoms with van der Waals surface area (Å²) in [5, 5.41) is 0. The van der Waals surface area contributed by atoms with Gasteiger partial charge >= 0.3 is 0 Å². The van der Waals surface area contributed by atoms with Gasteiger partial charge in [-0.25, -0.2) is 0 Å². The minimum Gasteiger partial charge on any atom is -0.264 e. The van der Waals surface area contributed by atoms with E-state index >= 15 is 0 Å². The van der Waals surface area contributed by atoms with Crippen molar-refractivity contribution in [3.05, 3.63) is 0 Å². The summed E-state index contributed by atoms with van der Waals surface area (Å²) >= 11 is 0. The fourth-order valence-electron chi connectivity index (χ4n) is 1.19. The number of hydrogen-bond donors (Lipinski definition) is 0. The minimum absolute atomic E-state index is 0.316. The van der Waals surface area contributed by atoms with Gasteiger partial charge in [0.1, 0.15) is 12.2 Å². The Hall–Kier alpha value is -0.180. The fraction of sp³-hybridized carbons (Fsp3) is 1.00. The molecule has 2 atom stereocenters. The maximum absolute atomic E-state index is 12.1. The van der Waals surface area contributed by atoms with Crippen molar-refractivity contribution in [3.63, 3.8) is 0 Å². The van der Waals surface area contributed by atoms with Gasteiger partial charge < -0.3 is 0 Å². The second kappa shape index (κ2) is 6.52. The highest BCUT2D eigenvalue weighted by Gasteiger charge is 2.38. The van der Waals surface area contributed by atoms with Crippen molar-refractivity contribution in [1.29, 1.82) is 0 Å². The molecule has 0 aliphatic rings. The predicted octanol–water partition coefficient (Wildman–Crippen LogP) is 2.44. The molecule has 0 radical (unpaired) electrons. The van der Waals surface area contributed by atoms with Crippen molar-refractivity contribution < 1.29 is 25.2 Å². The SMILES string of the molecule is CCC(OS(=O)(=O)C(C)(C)C)C(C)OS(=O)(=O)C(C)(C)C. The van der Waals surface area contributed by atoms with Gasteiger partial charge in [-0.15, -0.1) is 0 Å². The molecule has 0 amide bonds. The molecule has 0 saturated carbocycles. The van der Waals surface area contributed by atoms with E-state index in [4.69, 9.17) is 8.37 Å². The normalized spacial score (nSPS) is 17.5. The first-order valence-electron chi connectivity index (χ1n) is 6.91. The van der Waals surface area contributed by atoms with Crippen LogP contribution in [0.15, 0.2) is 0 Å². The monoisotopic (exact) mass is 344 g/mol. The second-order valence-electron chi connectivity index (χ2n) is 6.98. The third-order valence-corrected chi connectivity index (χ3v) is 7.01. The molecule has 0 heterocycles. The van der Waals surface area contributed by atoms with E-state index in [-0.39, 0.29) is 0 Å². The molecule has 0 fully saturated rings. The maximum atomic E-state index is 12.1. The van der Waals surface area contributed by atoms with Gasteiger partial charge in [0.25, 0.3) is 20.2 Å². The number of hydrogen-bond acceptors (Lipinski definition) is 6. The zero-order valence-corrected chi connectivity index (χ0v) is 15.8. The quantitative estimate of drug-likeness (QED) is 0.688. The van der Waals surface area contributed by atoms with E-state index in [0.29, 0.717) is 6.42 Å². The summed E-state index contributed by atoms with van der Waals surface area (Å²) in [6, 6.07) is 0. The molecule has 2 unspecified atom stereocenters. The first kappa shape index (κ1) is 20.8. The molecule has 0 saturated heterocycles. The molecule has 0 bridgehead atoms. The largest absolute Gasteiger partial charge is 0.272 e. The van der Waals surface area contributed by atoms with Crippen LogP contribution >= 0.6 is 0 Å². The van der Waals surface area contributed by atoms with Gasteiger partial charge in [0.2, 0.25) is 0 Å². The Morgan fingerprint density at radius 3 is 1.43 bits per heavy atom. The van der Waals surface area contributed by atoms with Crippen molar-refractivity contribution in [2.45, 2.75) is 83.5 Å². The highest BCUT2D eigenvalue weighted by molar-refractivity contribution is 7.88. The fourth-order valence-corrected chi connectivity index (χ4v) is 2.91. The molecule has 0 spiro atoms. The minimum atomic E-state index is -3.82. The average Bonchev–Trinajstić information content (AvgIpc) is 2.21. The molecule has 0 aromatic rings. The second-order valence-corrected chi connectivity index (χ2v) is 11.6. The van der Waals surface area contributed by atoms with Gasteiger partial charge in [0, 0.05) is 0 Å². The smallest absolute Gasteiger partial charge is 0.264 e. The average molecular weight is 344 g/mol. The molecule has 0 aliphatic heterocycles. The van der Waals surface area contributed by atoms with Crippen LogP contribution in [0.3, 0.4) is 0 Å². The Morgan fingerprint density at radius 2 is 1.14 bits per heavy atom. The molecule has 0 N–H and O–H groups in total. The van der Waals surface area contributed by atoms with Crippen LogP contribution in [-0.2, 0) is 28.6 Å². The van der Waals surface area contributed by atoms with Crippen molar-refractivity contribution >= 4 is 20.2 Å². The van der Waals surface area contributed by atoms with E-state index in [1.165, 1.54) is 48.5 Å². The van der Waals surface area contributed by atoms with Gasteiger partial charge in [-0.1, -0.05) is 6.92 Å². The molecule has 0 aliphatic carbocycles. The molecular formula is C13H28O6S2. The molecule has 0 aromatic heterocycles. The van der Waals surface area contributed by atoms with Crippen LogP contribution in [0.25, 0.3) is 0 Å². The van der Waals surface area contributed by atoms with Crippen LogP contribution in [0.1, 0.15) is 61.8 Å². The van der Waals surface area contributed by atoms with Gasteiger partial charge in [-0.05, 0) is 54.9 Å². The molecule has 6 nitrogen and oxygen atoms in total. The van der Waals surface area contributed by atoms with E-state index in [2.05, 4.69) is 0 Å². The van der Waals surface area contributed by atoms with Crippen molar-refractivity contribution in [3.8, 4) is 0 Å². The van der Waals surface area contributed by atoms with E-state index in [0.717, 1.165) is 0 Å². The Morgan fingerprint density at radius 1 is 0.810 bits per heavy atom. The van der Waals surface area contributed by atoms with Crippen molar-refractivity contribution in [2.75, 3.05) is 0 Å². The predicted molar refractivity (Wildman–Crippen MR) is 83.1 cm³/mol. The summed E-state index contributed by atoms with van der Waals surface area (Å²) in [5.41, 5.74) is 0. The van der Waals surface area contributed by atoms with Crippen molar-refractivity contribution in [1.82, 2.24) is 0 Å². The Kier molecular flexibility index (Phi) is 6.46. The Balaban J connectivity index is 5.17. The Labute approximate surface area is 129 Å². The lowest BCUT2D eigenvalue weighted by atomic mass is 10.2. The third kappa shape index (κ3) is 5.50. The zero-order valence-electron chi connectivity index (χ0n) is 14.1. The van der Waals surface area contributed by atoms with E-state index in [9.17, 15) is 16.8 Å². The molecule has 8 heteroatoms. The summed E-state index contributed by atoms with van der Waals surface area (Å²) in [5.74, 6) is 0. The van der Waals surface area contributed by atoms with Gasteiger partial charge in [0.15, 0.2) is 0 Å². The highest BCUT2D eigenvalue weighted by atomic mass is 32.2. The molecular weight excluding hydrogens is 316 g/mol. The Bertz CT molecular complexity index is 534. The van der Waals surface area contributed by atoms with Crippen LogP contribution < -0.4 is 0 Å². The zero-order chi connectivity index (χ0) is 17.3. The van der Waals surface area contributed by atoms with E-state index in [1.807, 2.05) is 0 Å². The van der Waals surface area contributed by atoms with E-state index in [1.54, 1.807) is 6.92 Å². The van der Waals surface area contributed by atoms with Gasteiger partial charge in [-0.2, -0.15) is 16.8 Å². The topological polar surface area (TPSA) is 86.7 Å². The lowest BCUT2D eigenvalue weighted by molar-refractivity contribution is 0.0677. The molecule has 0 aromatic carbocycles. The molecule has 0 rings (SSSR count). The van der Waals surface area contributed by atoms with E-state index < -0.39 is 41.9 Å². The van der Waals surface area contributed by atoms with Crippen LogP contribution in [0.2, 0.25) is 0 Å². The summed E-state index contributed by atoms with van der Waals surface area (Å²) in [7, 11) is -7.64. The van der Waals surface area contributed by atoms with Crippen LogP contribution in [0, 0.1) is 0 Å².